The molecule has 0 saturated carbocycles. The van der Waals surface area contributed by atoms with Crippen molar-refractivity contribution >= 4 is 33.8 Å². The third-order valence-corrected chi connectivity index (χ3v) is 4.31. The smallest absolute Gasteiger partial charge is 0.251 e. The SMILES string of the molecule is CC(=O)Nc1ccc(C(=O)NCc2c(C)nc3sc(C)nn23)cc1. The molecule has 2 N–H and O–H groups in total. The Kier molecular flexibility index (Phi) is 4.30. The van der Waals surface area contributed by atoms with E-state index >= 15 is 0 Å². The van der Waals surface area contributed by atoms with Gasteiger partial charge in [0.15, 0.2) is 0 Å². The van der Waals surface area contributed by atoms with Crippen molar-refractivity contribution in [2.45, 2.75) is 27.3 Å². The zero-order valence-corrected chi connectivity index (χ0v) is 14.4. The van der Waals surface area contributed by atoms with Crippen molar-refractivity contribution in [1.29, 1.82) is 0 Å². The van der Waals surface area contributed by atoms with Gasteiger partial charge in [-0.05, 0) is 38.1 Å². The van der Waals surface area contributed by atoms with Crippen LogP contribution in [0.3, 0.4) is 0 Å². The van der Waals surface area contributed by atoms with Crippen LogP contribution in [0.1, 0.15) is 33.7 Å². The second kappa shape index (κ2) is 6.40. The summed E-state index contributed by atoms with van der Waals surface area (Å²) >= 11 is 1.52. The zero-order chi connectivity index (χ0) is 17.3. The summed E-state index contributed by atoms with van der Waals surface area (Å²) in [4.78, 5) is 28.6. The van der Waals surface area contributed by atoms with Gasteiger partial charge in [-0.25, -0.2) is 9.50 Å². The number of carbonyl (C=O) groups excluding carboxylic acids is 2. The van der Waals surface area contributed by atoms with E-state index in [-0.39, 0.29) is 11.8 Å². The van der Waals surface area contributed by atoms with Crippen molar-refractivity contribution in [2.75, 3.05) is 5.32 Å². The Morgan fingerprint density at radius 2 is 1.92 bits per heavy atom. The molecule has 0 spiro atoms. The van der Waals surface area contributed by atoms with Gasteiger partial charge in [-0.3, -0.25) is 9.59 Å². The number of fused-ring (bicyclic) bond motifs is 1. The molecule has 2 amide bonds. The maximum Gasteiger partial charge on any atom is 0.251 e. The molecule has 24 heavy (non-hydrogen) atoms. The molecule has 2 heterocycles. The molecule has 124 valence electrons. The monoisotopic (exact) mass is 343 g/mol. The van der Waals surface area contributed by atoms with Gasteiger partial charge in [0, 0.05) is 18.2 Å². The summed E-state index contributed by atoms with van der Waals surface area (Å²) in [6.07, 6.45) is 0. The molecule has 3 aromatic rings. The van der Waals surface area contributed by atoms with E-state index in [0.29, 0.717) is 17.8 Å². The first-order chi connectivity index (χ1) is 11.4. The van der Waals surface area contributed by atoms with Gasteiger partial charge in [0.25, 0.3) is 5.91 Å². The minimum absolute atomic E-state index is 0.147. The van der Waals surface area contributed by atoms with E-state index in [1.54, 1.807) is 28.8 Å². The molecule has 0 radical (unpaired) electrons. The van der Waals surface area contributed by atoms with Crippen LogP contribution in [-0.2, 0) is 11.3 Å². The van der Waals surface area contributed by atoms with Gasteiger partial charge in [0.2, 0.25) is 10.9 Å². The fourth-order valence-corrected chi connectivity index (χ4v) is 3.17. The van der Waals surface area contributed by atoms with Gasteiger partial charge in [-0.2, -0.15) is 5.10 Å². The quantitative estimate of drug-likeness (QED) is 0.761. The Labute approximate surface area is 142 Å². The van der Waals surface area contributed by atoms with Crippen LogP contribution in [0, 0.1) is 13.8 Å². The van der Waals surface area contributed by atoms with Crippen LogP contribution in [0.4, 0.5) is 5.69 Å². The highest BCUT2D eigenvalue weighted by Crippen LogP contribution is 2.18. The van der Waals surface area contributed by atoms with Crippen LogP contribution in [0.25, 0.3) is 4.96 Å². The first kappa shape index (κ1) is 16.1. The van der Waals surface area contributed by atoms with Crippen molar-refractivity contribution in [2.24, 2.45) is 0 Å². The standard InChI is InChI=1S/C16H17N5O2S/c1-9-14(21-16(18-9)24-11(3)20-21)8-17-15(23)12-4-6-13(7-5-12)19-10(2)22/h4-7H,8H2,1-3H3,(H,17,23)(H,19,22). The predicted molar refractivity (Wildman–Crippen MR) is 92.3 cm³/mol. The lowest BCUT2D eigenvalue weighted by Gasteiger charge is -2.06. The molecule has 7 nitrogen and oxygen atoms in total. The number of anilines is 1. The number of aryl methyl sites for hydroxylation is 2. The van der Waals surface area contributed by atoms with Gasteiger partial charge in [0.05, 0.1) is 17.9 Å². The van der Waals surface area contributed by atoms with Crippen LogP contribution in [-0.4, -0.2) is 26.4 Å². The summed E-state index contributed by atoms with van der Waals surface area (Å²) in [5, 5.41) is 10.9. The van der Waals surface area contributed by atoms with Gasteiger partial charge >= 0.3 is 0 Å². The van der Waals surface area contributed by atoms with E-state index in [2.05, 4.69) is 20.7 Å². The average Bonchev–Trinajstić information content (AvgIpc) is 3.00. The number of benzene rings is 1. The average molecular weight is 343 g/mol. The third kappa shape index (κ3) is 3.28. The number of carbonyl (C=O) groups is 2. The number of aromatic nitrogens is 3. The highest BCUT2D eigenvalue weighted by Gasteiger charge is 2.14. The van der Waals surface area contributed by atoms with E-state index in [4.69, 9.17) is 0 Å². The van der Waals surface area contributed by atoms with E-state index in [1.165, 1.54) is 18.3 Å². The van der Waals surface area contributed by atoms with E-state index in [0.717, 1.165) is 21.4 Å². The number of hydrogen-bond acceptors (Lipinski definition) is 5. The molecule has 8 heteroatoms. The molecule has 0 atom stereocenters. The van der Waals surface area contributed by atoms with Crippen molar-refractivity contribution in [3.05, 3.63) is 46.2 Å². The normalized spacial score (nSPS) is 10.8. The summed E-state index contributed by atoms with van der Waals surface area (Å²) < 4.78 is 1.77. The largest absolute Gasteiger partial charge is 0.346 e. The first-order valence-corrected chi connectivity index (χ1v) is 8.23. The Morgan fingerprint density at radius 3 is 2.58 bits per heavy atom. The fraction of sp³-hybridized carbons (Fsp3) is 0.250. The molecule has 0 aliphatic rings. The minimum Gasteiger partial charge on any atom is -0.346 e. The van der Waals surface area contributed by atoms with E-state index in [1.807, 2.05) is 13.8 Å². The Balaban J connectivity index is 1.70. The molecule has 2 aromatic heterocycles. The summed E-state index contributed by atoms with van der Waals surface area (Å²) in [6, 6.07) is 6.74. The molecular weight excluding hydrogens is 326 g/mol. The lowest BCUT2D eigenvalue weighted by Crippen LogP contribution is -2.24. The second-order valence-corrected chi connectivity index (χ2v) is 6.56. The van der Waals surface area contributed by atoms with Crippen LogP contribution >= 0.6 is 11.3 Å². The zero-order valence-electron chi connectivity index (χ0n) is 13.6. The van der Waals surface area contributed by atoms with Crippen LogP contribution < -0.4 is 10.6 Å². The molecular formula is C16H17N5O2S. The van der Waals surface area contributed by atoms with Crippen molar-refractivity contribution in [1.82, 2.24) is 19.9 Å². The third-order valence-electron chi connectivity index (χ3n) is 3.48. The van der Waals surface area contributed by atoms with Gasteiger partial charge in [0.1, 0.15) is 5.01 Å². The molecule has 3 rings (SSSR count). The van der Waals surface area contributed by atoms with Gasteiger partial charge in [-0.15, -0.1) is 0 Å². The minimum atomic E-state index is -0.189. The molecule has 1 aromatic carbocycles. The van der Waals surface area contributed by atoms with Crippen LogP contribution in [0.2, 0.25) is 0 Å². The van der Waals surface area contributed by atoms with E-state index in [9.17, 15) is 9.59 Å². The van der Waals surface area contributed by atoms with Crippen LogP contribution in [0.5, 0.6) is 0 Å². The van der Waals surface area contributed by atoms with Gasteiger partial charge < -0.3 is 10.6 Å². The summed E-state index contributed by atoms with van der Waals surface area (Å²) in [6.45, 7) is 5.62. The number of imidazole rings is 1. The number of nitrogens with zero attached hydrogens (tertiary/aromatic N) is 3. The van der Waals surface area contributed by atoms with Gasteiger partial charge in [-0.1, -0.05) is 11.3 Å². The lowest BCUT2D eigenvalue weighted by molar-refractivity contribution is -0.114. The number of hydrogen-bond donors (Lipinski definition) is 2. The maximum atomic E-state index is 12.3. The van der Waals surface area contributed by atoms with Crippen molar-refractivity contribution in [3.8, 4) is 0 Å². The maximum absolute atomic E-state index is 12.3. The fourth-order valence-electron chi connectivity index (χ4n) is 2.36. The Bertz CT molecular complexity index is 911. The number of amides is 2. The van der Waals surface area contributed by atoms with E-state index < -0.39 is 0 Å². The number of rotatable bonds is 4. The summed E-state index contributed by atoms with van der Waals surface area (Å²) in [5.41, 5.74) is 2.91. The second-order valence-electron chi connectivity index (χ2n) is 5.40. The number of nitrogens with one attached hydrogen (secondary N) is 2. The highest BCUT2D eigenvalue weighted by molar-refractivity contribution is 7.16. The molecule has 0 saturated heterocycles. The predicted octanol–water partition coefficient (Wildman–Crippen LogP) is 2.30. The molecule has 0 bridgehead atoms. The van der Waals surface area contributed by atoms with Crippen molar-refractivity contribution < 1.29 is 9.59 Å². The van der Waals surface area contributed by atoms with Crippen LogP contribution in [0.15, 0.2) is 24.3 Å². The first-order valence-electron chi connectivity index (χ1n) is 7.41. The summed E-state index contributed by atoms with van der Waals surface area (Å²) in [5.74, 6) is -0.336. The lowest BCUT2D eigenvalue weighted by atomic mass is 10.2. The molecule has 0 aliphatic carbocycles. The van der Waals surface area contributed by atoms with Crippen molar-refractivity contribution in [3.63, 3.8) is 0 Å². The summed E-state index contributed by atoms with van der Waals surface area (Å²) in [7, 11) is 0. The molecule has 0 unspecified atom stereocenters. The Morgan fingerprint density at radius 1 is 1.21 bits per heavy atom. The Hall–Kier alpha value is -2.74. The molecule has 0 fully saturated rings. The highest BCUT2D eigenvalue weighted by atomic mass is 32.1. The molecule has 0 aliphatic heterocycles. The topological polar surface area (TPSA) is 88.4 Å².